The van der Waals surface area contributed by atoms with Crippen LogP contribution in [-0.2, 0) is 26.3 Å². The van der Waals surface area contributed by atoms with Crippen molar-refractivity contribution < 1.29 is 26.3 Å². The van der Waals surface area contributed by atoms with Crippen LogP contribution in [0.4, 0.5) is 0 Å². The molecule has 6 nitrogen and oxygen atoms in total. The summed E-state index contributed by atoms with van der Waals surface area (Å²) in [4.78, 5) is 0. The minimum Gasteiger partial charge on any atom is -0.349 e. The molecule has 0 aromatic rings. The molecule has 0 fully saturated rings. The summed E-state index contributed by atoms with van der Waals surface area (Å²) in [6.45, 7) is 18.0. The molecule has 0 aromatic carbocycles. The number of hydrogen-bond donors (Lipinski definition) is 0. The molecule has 1 unspecified atom stereocenters. The highest BCUT2D eigenvalue weighted by atomic mass is 35.5. The van der Waals surface area contributed by atoms with Gasteiger partial charge in [0.1, 0.15) is 0 Å². The Morgan fingerprint density at radius 2 is 1.00 bits per heavy atom. The highest BCUT2D eigenvalue weighted by Crippen LogP contribution is 2.83. The van der Waals surface area contributed by atoms with Crippen LogP contribution >= 0.6 is 38.4 Å². The van der Waals surface area contributed by atoms with Crippen molar-refractivity contribution in [2.45, 2.75) is 69.7 Å². The second kappa shape index (κ2) is 8.49. The second-order valence-electron chi connectivity index (χ2n) is 8.53. The molecule has 0 saturated carbocycles. The van der Waals surface area contributed by atoms with Crippen molar-refractivity contribution in [2.24, 2.45) is 0 Å². The fourth-order valence-electron chi connectivity index (χ4n) is 1.69. The minimum absolute atomic E-state index is 0.0306. The van der Waals surface area contributed by atoms with E-state index < -0.39 is 44.0 Å². The Hall–Kier alpha value is 1.53. The van der Waals surface area contributed by atoms with Crippen molar-refractivity contribution in [2.75, 3.05) is 6.61 Å². The van der Waals surface area contributed by atoms with Gasteiger partial charge in [0, 0.05) is 0 Å². The van der Waals surface area contributed by atoms with Gasteiger partial charge < -0.3 is 17.2 Å². The lowest BCUT2D eigenvalue weighted by Gasteiger charge is -2.40. The zero-order valence-electron chi connectivity index (χ0n) is 16.8. The first kappa shape index (κ1) is 26.5. The van der Waals surface area contributed by atoms with Crippen LogP contribution in [0.15, 0.2) is 0 Å². The average Bonchev–Trinajstić information content (AvgIpc) is 2.20. The van der Waals surface area contributed by atoms with Crippen molar-refractivity contribution in [3.8, 4) is 0 Å². The predicted molar refractivity (Wildman–Crippen MR) is 115 cm³/mol. The lowest BCUT2D eigenvalue weighted by atomic mass is 10.9. The second-order valence-corrected chi connectivity index (χ2v) is 29.7. The Bertz CT molecular complexity index is 535. The van der Waals surface area contributed by atoms with Crippen LogP contribution in [0.3, 0.4) is 0 Å². The number of hydrogen-bond acceptors (Lipinski definition) is 6. The Morgan fingerprint density at radius 1 is 0.720 bits per heavy atom. The SMILES string of the molecule is CCOP(=O)(O[Si](C)(C)C)C(Cl)(Cl)P(=O)(O[Si](C)(C)C)O[Si](C)(C)C. The Kier molecular flexibility index (Phi) is 9.01. The molecule has 0 amide bonds. The molecule has 1 atom stereocenters. The smallest absolute Gasteiger partial charge is 0.349 e. The monoisotopic (exact) mass is 488 g/mol. The molecular formula is C12H32Cl2O6P2Si3. The standard InChI is InChI=1S/C12H32Cl2O6P2Si3/c1-11-17-21(15,18-23(2,3)4)12(13,14)22(16,19-24(5,6)7)20-25(8,9)10/h11H2,1-10H3. The molecular weight excluding hydrogens is 457 g/mol. The maximum absolute atomic E-state index is 13.7. The van der Waals surface area contributed by atoms with Gasteiger partial charge in [-0.2, -0.15) is 0 Å². The van der Waals surface area contributed by atoms with E-state index in [1.165, 1.54) is 0 Å². The van der Waals surface area contributed by atoms with Gasteiger partial charge in [-0.05, 0) is 65.8 Å². The summed E-state index contributed by atoms with van der Waals surface area (Å²) in [5, 5.41) is 0. The highest BCUT2D eigenvalue weighted by molar-refractivity contribution is 7.81. The summed E-state index contributed by atoms with van der Waals surface area (Å²) in [6, 6.07) is 0. The van der Waals surface area contributed by atoms with E-state index in [4.69, 9.17) is 40.4 Å². The lowest BCUT2D eigenvalue weighted by molar-refractivity contribution is 0.273. The maximum Gasteiger partial charge on any atom is 0.369 e. The van der Waals surface area contributed by atoms with E-state index in [1.807, 2.05) is 58.9 Å². The van der Waals surface area contributed by atoms with Gasteiger partial charge in [0.2, 0.25) is 0 Å². The Morgan fingerprint density at radius 3 is 1.24 bits per heavy atom. The van der Waals surface area contributed by atoms with Crippen molar-refractivity contribution in [3.63, 3.8) is 0 Å². The first-order valence-electron chi connectivity index (χ1n) is 8.03. The molecule has 0 spiro atoms. The molecule has 25 heavy (non-hydrogen) atoms. The zero-order valence-corrected chi connectivity index (χ0v) is 23.1. The first-order valence-corrected chi connectivity index (χ1v) is 22.1. The summed E-state index contributed by atoms with van der Waals surface area (Å²) >= 11 is 12.9. The van der Waals surface area contributed by atoms with Crippen LogP contribution in [-0.4, -0.2) is 35.4 Å². The van der Waals surface area contributed by atoms with Gasteiger partial charge in [0.15, 0.2) is 25.0 Å². The molecule has 0 aliphatic rings. The van der Waals surface area contributed by atoms with Gasteiger partial charge in [-0.25, -0.2) is 0 Å². The van der Waals surface area contributed by atoms with Gasteiger partial charge in [-0.3, -0.25) is 9.13 Å². The number of alkyl halides is 2. The minimum atomic E-state index is -4.24. The molecule has 13 heteroatoms. The zero-order chi connectivity index (χ0) is 20.5. The van der Waals surface area contributed by atoms with Crippen LogP contribution in [0.25, 0.3) is 0 Å². The summed E-state index contributed by atoms with van der Waals surface area (Å²) in [5.74, 6) is 0. The van der Waals surface area contributed by atoms with E-state index in [1.54, 1.807) is 6.92 Å². The van der Waals surface area contributed by atoms with Crippen molar-refractivity contribution in [1.29, 1.82) is 0 Å². The van der Waals surface area contributed by atoms with Crippen LogP contribution in [0.2, 0.25) is 58.9 Å². The van der Waals surface area contributed by atoms with E-state index >= 15 is 0 Å². The summed E-state index contributed by atoms with van der Waals surface area (Å²) in [7, 11) is -15.7. The average molecular weight is 489 g/mol. The molecule has 0 saturated heterocycles. The van der Waals surface area contributed by atoms with Crippen LogP contribution in [0.5, 0.6) is 0 Å². The summed E-state index contributed by atoms with van der Waals surface area (Å²) in [5.41, 5.74) is 0. The molecule has 0 aromatic heterocycles. The summed E-state index contributed by atoms with van der Waals surface area (Å²) < 4.78 is 47.4. The van der Waals surface area contributed by atoms with Gasteiger partial charge in [0.05, 0.1) is 6.61 Å². The molecule has 0 N–H and O–H groups in total. The van der Waals surface area contributed by atoms with Gasteiger partial charge in [-0.1, -0.05) is 23.2 Å². The molecule has 0 radical (unpaired) electrons. The van der Waals surface area contributed by atoms with Crippen LogP contribution in [0.1, 0.15) is 6.92 Å². The molecule has 0 rings (SSSR count). The topological polar surface area (TPSA) is 71.1 Å². The van der Waals surface area contributed by atoms with E-state index in [2.05, 4.69) is 0 Å². The molecule has 0 heterocycles. The predicted octanol–water partition coefficient (Wildman–Crippen LogP) is 7.05. The largest absolute Gasteiger partial charge is 0.369 e. The third kappa shape index (κ3) is 8.20. The number of halogens is 2. The quantitative estimate of drug-likeness (QED) is 0.186. The van der Waals surface area contributed by atoms with E-state index in [-0.39, 0.29) is 6.61 Å². The fourth-order valence-corrected chi connectivity index (χ4v) is 17.5. The Labute approximate surface area is 165 Å². The fraction of sp³-hybridized carbons (Fsp3) is 1.00. The number of rotatable bonds is 10. The van der Waals surface area contributed by atoms with Gasteiger partial charge in [0.25, 0.3) is 0 Å². The third-order valence-electron chi connectivity index (χ3n) is 2.14. The van der Waals surface area contributed by atoms with E-state index in [0.717, 1.165) is 0 Å². The Balaban J connectivity index is 6.33. The molecule has 0 bridgehead atoms. The van der Waals surface area contributed by atoms with Crippen molar-refractivity contribution >= 4 is 63.3 Å². The first-order chi connectivity index (χ1) is 10.7. The van der Waals surface area contributed by atoms with Crippen LogP contribution in [0, 0.1) is 0 Å². The summed E-state index contributed by atoms with van der Waals surface area (Å²) in [6.07, 6.45) is 0. The van der Waals surface area contributed by atoms with Crippen LogP contribution < -0.4 is 0 Å². The maximum atomic E-state index is 13.7. The third-order valence-corrected chi connectivity index (χ3v) is 17.5. The lowest BCUT2D eigenvalue weighted by Crippen LogP contribution is -2.37. The van der Waals surface area contributed by atoms with Gasteiger partial charge >= 0.3 is 19.0 Å². The van der Waals surface area contributed by atoms with Gasteiger partial charge in [-0.15, -0.1) is 0 Å². The normalized spacial score (nSPS) is 17.4. The molecule has 152 valence electrons. The van der Waals surface area contributed by atoms with Crippen molar-refractivity contribution in [1.82, 2.24) is 0 Å². The van der Waals surface area contributed by atoms with E-state index in [9.17, 15) is 9.13 Å². The molecule has 0 aliphatic heterocycles. The van der Waals surface area contributed by atoms with Crippen molar-refractivity contribution in [3.05, 3.63) is 0 Å². The highest BCUT2D eigenvalue weighted by Gasteiger charge is 2.66. The van der Waals surface area contributed by atoms with E-state index in [0.29, 0.717) is 0 Å². The molecule has 0 aliphatic carbocycles.